The molecule has 3 nitrogen and oxygen atoms in total. The van der Waals surface area contributed by atoms with E-state index in [4.69, 9.17) is 11.6 Å². The Balaban J connectivity index is 1.87. The lowest BCUT2D eigenvalue weighted by molar-refractivity contribution is 0.685. The standard InChI is InChI=1S/C15H24ClN3/c1-4-13-15(16)14(19(3)18-13)10-11(2)6-5-9-17-12-7-8-12/h6,12,17H,4-5,7-10H2,1-3H3. The lowest BCUT2D eigenvalue weighted by atomic mass is 10.1. The molecule has 0 radical (unpaired) electrons. The summed E-state index contributed by atoms with van der Waals surface area (Å²) in [6.45, 7) is 5.34. The first-order chi connectivity index (χ1) is 9.11. The molecular weight excluding hydrogens is 258 g/mol. The maximum absolute atomic E-state index is 6.36. The number of nitrogens with zero attached hydrogens (tertiary/aromatic N) is 2. The lowest BCUT2D eigenvalue weighted by Gasteiger charge is -2.04. The van der Waals surface area contributed by atoms with Crippen molar-refractivity contribution in [3.05, 3.63) is 28.1 Å². The maximum atomic E-state index is 6.36. The van der Waals surface area contributed by atoms with E-state index in [1.807, 2.05) is 11.7 Å². The average Bonchev–Trinajstić information content (AvgIpc) is 3.17. The van der Waals surface area contributed by atoms with E-state index in [-0.39, 0.29) is 0 Å². The van der Waals surface area contributed by atoms with Gasteiger partial charge in [0.05, 0.1) is 16.4 Å². The summed E-state index contributed by atoms with van der Waals surface area (Å²) in [5, 5.41) is 8.82. The molecule has 1 fully saturated rings. The van der Waals surface area contributed by atoms with Crippen molar-refractivity contribution >= 4 is 11.6 Å². The molecule has 0 aromatic carbocycles. The van der Waals surface area contributed by atoms with Crippen LogP contribution in [0.15, 0.2) is 11.6 Å². The van der Waals surface area contributed by atoms with Crippen LogP contribution in [0.3, 0.4) is 0 Å². The molecular formula is C15H24ClN3. The maximum Gasteiger partial charge on any atom is 0.0853 e. The molecule has 0 amide bonds. The number of hydrogen-bond donors (Lipinski definition) is 1. The van der Waals surface area contributed by atoms with Crippen molar-refractivity contribution in [1.82, 2.24) is 15.1 Å². The van der Waals surface area contributed by atoms with Gasteiger partial charge in [-0.25, -0.2) is 0 Å². The van der Waals surface area contributed by atoms with Crippen LogP contribution in [0.2, 0.25) is 5.02 Å². The average molecular weight is 282 g/mol. The van der Waals surface area contributed by atoms with Crippen LogP contribution in [0.1, 0.15) is 44.5 Å². The molecule has 1 saturated carbocycles. The van der Waals surface area contributed by atoms with E-state index in [1.165, 1.54) is 18.4 Å². The Hall–Kier alpha value is -0.800. The number of allylic oxidation sites excluding steroid dienone is 1. The van der Waals surface area contributed by atoms with E-state index in [2.05, 4.69) is 30.3 Å². The van der Waals surface area contributed by atoms with Gasteiger partial charge in [0, 0.05) is 19.5 Å². The highest BCUT2D eigenvalue weighted by Gasteiger charge is 2.19. The summed E-state index contributed by atoms with van der Waals surface area (Å²) >= 11 is 6.36. The first-order valence-electron chi connectivity index (χ1n) is 7.21. The number of aromatic nitrogens is 2. The molecule has 1 N–H and O–H groups in total. The van der Waals surface area contributed by atoms with Crippen molar-refractivity contribution < 1.29 is 0 Å². The Morgan fingerprint density at radius 1 is 1.53 bits per heavy atom. The fourth-order valence-electron chi connectivity index (χ4n) is 2.24. The Bertz CT molecular complexity index is 458. The first kappa shape index (κ1) is 14.6. The van der Waals surface area contributed by atoms with Crippen LogP contribution in [0.5, 0.6) is 0 Å². The predicted molar refractivity (Wildman–Crippen MR) is 80.7 cm³/mol. The molecule has 1 heterocycles. The van der Waals surface area contributed by atoms with Crippen molar-refractivity contribution in [2.45, 2.75) is 52.0 Å². The monoisotopic (exact) mass is 281 g/mol. The Morgan fingerprint density at radius 2 is 2.26 bits per heavy atom. The van der Waals surface area contributed by atoms with Gasteiger partial charge >= 0.3 is 0 Å². The number of aryl methyl sites for hydroxylation is 2. The molecule has 2 rings (SSSR count). The van der Waals surface area contributed by atoms with Crippen LogP contribution in [0, 0.1) is 0 Å². The molecule has 1 aliphatic carbocycles. The SMILES string of the molecule is CCc1nn(C)c(CC(C)=CCCNC2CC2)c1Cl. The van der Waals surface area contributed by atoms with Gasteiger partial charge in [0.2, 0.25) is 0 Å². The largest absolute Gasteiger partial charge is 0.314 e. The number of rotatable bonds is 7. The number of hydrogen-bond acceptors (Lipinski definition) is 2. The molecule has 0 bridgehead atoms. The molecule has 106 valence electrons. The van der Waals surface area contributed by atoms with E-state index < -0.39 is 0 Å². The quantitative estimate of drug-likeness (QED) is 0.614. The third kappa shape index (κ3) is 4.08. The van der Waals surface area contributed by atoms with Gasteiger partial charge in [0.25, 0.3) is 0 Å². The van der Waals surface area contributed by atoms with Crippen molar-refractivity contribution in [3.8, 4) is 0 Å². The van der Waals surface area contributed by atoms with Gasteiger partial charge in [-0.3, -0.25) is 4.68 Å². The number of halogens is 1. The second kappa shape index (κ2) is 6.58. The smallest absolute Gasteiger partial charge is 0.0853 e. The minimum Gasteiger partial charge on any atom is -0.314 e. The minimum absolute atomic E-state index is 0.798. The summed E-state index contributed by atoms with van der Waals surface area (Å²) in [5.41, 5.74) is 3.50. The molecule has 0 atom stereocenters. The highest BCUT2D eigenvalue weighted by atomic mass is 35.5. The number of nitrogens with one attached hydrogen (secondary N) is 1. The van der Waals surface area contributed by atoms with Crippen molar-refractivity contribution in [3.63, 3.8) is 0 Å². The summed E-state index contributed by atoms with van der Waals surface area (Å²) in [5.74, 6) is 0. The van der Waals surface area contributed by atoms with E-state index in [1.54, 1.807) is 0 Å². The third-order valence-electron chi connectivity index (χ3n) is 3.60. The summed E-state index contributed by atoms with van der Waals surface area (Å²) in [7, 11) is 1.97. The van der Waals surface area contributed by atoms with Crippen LogP contribution in [-0.4, -0.2) is 22.4 Å². The molecule has 0 aliphatic heterocycles. The molecule has 1 aromatic heterocycles. The van der Waals surface area contributed by atoms with Crippen LogP contribution >= 0.6 is 11.6 Å². The third-order valence-corrected chi connectivity index (χ3v) is 4.03. The van der Waals surface area contributed by atoms with Gasteiger partial charge in [-0.1, -0.05) is 30.2 Å². The molecule has 4 heteroatoms. The summed E-state index contributed by atoms with van der Waals surface area (Å²) in [4.78, 5) is 0. The van der Waals surface area contributed by atoms with Gasteiger partial charge in [-0.15, -0.1) is 0 Å². The second-order valence-corrected chi connectivity index (χ2v) is 5.81. The molecule has 1 aromatic rings. The normalized spacial score (nSPS) is 16.1. The topological polar surface area (TPSA) is 29.9 Å². The predicted octanol–water partition coefficient (Wildman–Crippen LogP) is 3.27. The van der Waals surface area contributed by atoms with Gasteiger partial charge < -0.3 is 5.32 Å². The van der Waals surface area contributed by atoms with Crippen molar-refractivity contribution in [2.75, 3.05) is 6.54 Å². The summed E-state index contributed by atoms with van der Waals surface area (Å²) in [6.07, 6.45) is 7.90. The fourth-order valence-corrected chi connectivity index (χ4v) is 2.60. The van der Waals surface area contributed by atoms with Gasteiger partial charge in [-0.2, -0.15) is 5.10 Å². The Morgan fingerprint density at radius 3 is 2.84 bits per heavy atom. The van der Waals surface area contributed by atoms with Gasteiger partial charge in [0.15, 0.2) is 0 Å². The fraction of sp³-hybridized carbons (Fsp3) is 0.667. The van der Waals surface area contributed by atoms with Crippen LogP contribution in [0.25, 0.3) is 0 Å². The van der Waals surface area contributed by atoms with Crippen molar-refractivity contribution in [2.24, 2.45) is 7.05 Å². The molecule has 0 unspecified atom stereocenters. The zero-order valence-corrected chi connectivity index (χ0v) is 12.9. The minimum atomic E-state index is 0.798. The highest BCUT2D eigenvalue weighted by Crippen LogP contribution is 2.23. The molecule has 0 spiro atoms. The van der Waals surface area contributed by atoms with Gasteiger partial charge in [-0.05, 0) is 39.2 Å². The Kier molecular flexibility index (Phi) is 5.06. The van der Waals surface area contributed by atoms with E-state index >= 15 is 0 Å². The molecule has 1 aliphatic rings. The van der Waals surface area contributed by atoms with E-state index in [0.29, 0.717) is 0 Å². The summed E-state index contributed by atoms with van der Waals surface area (Å²) in [6, 6.07) is 0.798. The Labute approximate surface area is 121 Å². The van der Waals surface area contributed by atoms with Crippen LogP contribution in [-0.2, 0) is 19.9 Å². The first-order valence-corrected chi connectivity index (χ1v) is 7.58. The zero-order chi connectivity index (χ0) is 13.8. The van der Waals surface area contributed by atoms with Crippen molar-refractivity contribution in [1.29, 1.82) is 0 Å². The highest BCUT2D eigenvalue weighted by molar-refractivity contribution is 6.31. The second-order valence-electron chi connectivity index (χ2n) is 5.43. The van der Waals surface area contributed by atoms with E-state index in [0.717, 1.165) is 48.3 Å². The molecule has 19 heavy (non-hydrogen) atoms. The van der Waals surface area contributed by atoms with Crippen LogP contribution < -0.4 is 5.32 Å². The summed E-state index contributed by atoms with van der Waals surface area (Å²) < 4.78 is 1.92. The lowest BCUT2D eigenvalue weighted by Crippen LogP contribution is -2.16. The van der Waals surface area contributed by atoms with Crippen LogP contribution in [0.4, 0.5) is 0 Å². The van der Waals surface area contributed by atoms with E-state index in [9.17, 15) is 0 Å². The molecule has 0 saturated heterocycles. The van der Waals surface area contributed by atoms with Gasteiger partial charge in [0.1, 0.15) is 0 Å². The zero-order valence-electron chi connectivity index (χ0n) is 12.2.